The lowest BCUT2D eigenvalue weighted by molar-refractivity contribution is -0.103. The Morgan fingerprint density at radius 1 is 1.44 bits per heavy atom. The molecule has 96 valence electrons. The first-order valence-electron chi connectivity index (χ1n) is 6.13. The molecule has 0 radical (unpaired) electrons. The molecule has 1 aliphatic rings. The Kier molecular flexibility index (Phi) is 3.04. The van der Waals surface area contributed by atoms with E-state index in [-0.39, 0.29) is 11.1 Å². The van der Waals surface area contributed by atoms with Gasteiger partial charge in [-0.1, -0.05) is 0 Å². The van der Waals surface area contributed by atoms with Crippen LogP contribution >= 0.6 is 0 Å². The maximum absolute atomic E-state index is 8.80. The first-order chi connectivity index (χ1) is 8.32. The number of pyridine rings is 1. The van der Waals surface area contributed by atoms with Crippen molar-refractivity contribution >= 4 is 0 Å². The zero-order chi connectivity index (χ0) is 13.4. The number of nitriles is 1. The van der Waals surface area contributed by atoms with Gasteiger partial charge in [-0.15, -0.1) is 0 Å². The summed E-state index contributed by atoms with van der Waals surface area (Å²) in [4.78, 5) is 6.31. The zero-order valence-electron chi connectivity index (χ0n) is 11.4. The minimum atomic E-state index is -0.165. The molecule has 0 N–H and O–H groups in total. The third kappa shape index (κ3) is 2.62. The molecule has 0 spiro atoms. The molecule has 0 atom stereocenters. The molecule has 18 heavy (non-hydrogen) atoms. The van der Waals surface area contributed by atoms with Gasteiger partial charge in [0.05, 0.1) is 0 Å². The van der Waals surface area contributed by atoms with Crippen molar-refractivity contribution in [2.45, 2.75) is 38.8 Å². The molecule has 0 unspecified atom stereocenters. The van der Waals surface area contributed by atoms with E-state index in [2.05, 4.69) is 37.6 Å². The second-order valence-electron chi connectivity index (χ2n) is 6.07. The topological polar surface area (TPSA) is 49.1 Å². The second kappa shape index (κ2) is 4.25. The Bertz CT molecular complexity index is 479. The molecule has 4 nitrogen and oxygen atoms in total. The Labute approximate surface area is 108 Å². The minimum absolute atomic E-state index is 0.165. The van der Waals surface area contributed by atoms with Crippen LogP contribution in [0.3, 0.4) is 0 Å². The number of hydrogen-bond donors (Lipinski definition) is 0. The summed E-state index contributed by atoms with van der Waals surface area (Å²) in [6, 6.07) is 5.50. The molecule has 1 aromatic rings. The van der Waals surface area contributed by atoms with Gasteiger partial charge in [-0.05, 0) is 33.8 Å². The SMILES string of the molecule is CC1(Oc2ccnc(C#N)c2)CN(C(C)(C)C)C1. The number of ether oxygens (including phenoxy) is 1. The highest BCUT2D eigenvalue weighted by Gasteiger charge is 2.45. The number of rotatable bonds is 2. The fraction of sp³-hybridized carbons (Fsp3) is 0.571. The first-order valence-corrected chi connectivity index (χ1v) is 6.13. The monoisotopic (exact) mass is 245 g/mol. The van der Waals surface area contributed by atoms with Gasteiger partial charge in [0.15, 0.2) is 0 Å². The van der Waals surface area contributed by atoms with Crippen molar-refractivity contribution in [1.82, 2.24) is 9.88 Å². The molecule has 1 aromatic heterocycles. The van der Waals surface area contributed by atoms with Gasteiger partial charge in [0.2, 0.25) is 0 Å². The van der Waals surface area contributed by atoms with E-state index in [0.717, 1.165) is 18.8 Å². The molecule has 1 aliphatic heterocycles. The summed E-state index contributed by atoms with van der Waals surface area (Å²) in [6.07, 6.45) is 1.61. The fourth-order valence-corrected chi connectivity index (χ4v) is 2.12. The number of likely N-dealkylation sites (tertiary alicyclic amines) is 1. The maximum atomic E-state index is 8.80. The summed E-state index contributed by atoms with van der Waals surface area (Å²) >= 11 is 0. The fourth-order valence-electron chi connectivity index (χ4n) is 2.12. The smallest absolute Gasteiger partial charge is 0.144 e. The van der Waals surface area contributed by atoms with E-state index in [0.29, 0.717) is 5.69 Å². The van der Waals surface area contributed by atoms with Crippen LogP contribution in [0.15, 0.2) is 18.3 Å². The minimum Gasteiger partial charge on any atom is -0.485 e. The van der Waals surface area contributed by atoms with Crippen LogP contribution < -0.4 is 4.74 Å². The van der Waals surface area contributed by atoms with Crippen molar-refractivity contribution in [2.75, 3.05) is 13.1 Å². The molecule has 0 amide bonds. The second-order valence-corrected chi connectivity index (χ2v) is 6.07. The Hall–Kier alpha value is -1.60. The van der Waals surface area contributed by atoms with Gasteiger partial charge >= 0.3 is 0 Å². The molecule has 0 aromatic carbocycles. The van der Waals surface area contributed by atoms with Crippen LogP contribution in [0.1, 0.15) is 33.4 Å². The summed E-state index contributed by atoms with van der Waals surface area (Å²) in [5.41, 5.74) is 0.406. The van der Waals surface area contributed by atoms with Crippen LogP contribution in [-0.2, 0) is 0 Å². The van der Waals surface area contributed by atoms with E-state index in [1.807, 2.05) is 6.07 Å². The van der Waals surface area contributed by atoms with Crippen molar-refractivity contribution < 1.29 is 4.74 Å². The van der Waals surface area contributed by atoms with Crippen molar-refractivity contribution in [3.63, 3.8) is 0 Å². The average molecular weight is 245 g/mol. The summed E-state index contributed by atoms with van der Waals surface area (Å²) in [5.74, 6) is 0.720. The van der Waals surface area contributed by atoms with Gasteiger partial charge in [0.1, 0.15) is 23.1 Å². The quantitative estimate of drug-likeness (QED) is 0.801. The summed E-state index contributed by atoms with van der Waals surface area (Å²) in [6.45, 7) is 10.5. The lowest BCUT2D eigenvalue weighted by Crippen LogP contribution is -2.68. The van der Waals surface area contributed by atoms with E-state index in [1.54, 1.807) is 18.3 Å². The van der Waals surface area contributed by atoms with E-state index in [4.69, 9.17) is 10.00 Å². The summed E-state index contributed by atoms with van der Waals surface area (Å²) in [5, 5.41) is 8.80. The van der Waals surface area contributed by atoms with E-state index >= 15 is 0 Å². The third-order valence-corrected chi connectivity index (χ3v) is 3.21. The normalized spacial score (nSPS) is 18.8. The lowest BCUT2D eigenvalue weighted by atomic mass is 9.90. The van der Waals surface area contributed by atoms with Gasteiger partial charge in [-0.2, -0.15) is 5.26 Å². The molecular weight excluding hydrogens is 226 g/mol. The molecule has 4 heteroatoms. The average Bonchev–Trinajstić information content (AvgIpc) is 2.24. The zero-order valence-corrected chi connectivity index (χ0v) is 11.4. The highest BCUT2D eigenvalue weighted by Crippen LogP contribution is 2.32. The van der Waals surface area contributed by atoms with Gasteiger partial charge < -0.3 is 4.74 Å². The van der Waals surface area contributed by atoms with Crippen LogP contribution in [0.4, 0.5) is 0 Å². The van der Waals surface area contributed by atoms with Crippen LogP contribution in [0, 0.1) is 11.3 Å². The highest BCUT2D eigenvalue weighted by molar-refractivity contribution is 5.30. The third-order valence-electron chi connectivity index (χ3n) is 3.21. The van der Waals surface area contributed by atoms with E-state index in [9.17, 15) is 0 Å². The van der Waals surface area contributed by atoms with Crippen LogP contribution in [0.2, 0.25) is 0 Å². The highest BCUT2D eigenvalue weighted by atomic mass is 16.5. The predicted octanol–water partition coefficient (Wildman–Crippen LogP) is 2.20. The van der Waals surface area contributed by atoms with Crippen molar-refractivity contribution in [1.29, 1.82) is 5.26 Å². The van der Waals surface area contributed by atoms with E-state index < -0.39 is 0 Å². The summed E-state index contributed by atoms with van der Waals surface area (Å²) < 4.78 is 5.97. The molecule has 0 bridgehead atoms. The largest absolute Gasteiger partial charge is 0.485 e. The van der Waals surface area contributed by atoms with Gasteiger partial charge in [-0.25, -0.2) is 4.98 Å². The summed E-state index contributed by atoms with van der Waals surface area (Å²) in [7, 11) is 0. The molecular formula is C14H19N3O. The Morgan fingerprint density at radius 2 is 2.11 bits per heavy atom. The predicted molar refractivity (Wildman–Crippen MR) is 69.3 cm³/mol. The van der Waals surface area contributed by atoms with Crippen molar-refractivity contribution in [3.8, 4) is 11.8 Å². The maximum Gasteiger partial charge on any atom is 0.144 e. The van der Waals surface area contributed by atoms with Gasteiger partial charge in [-0.3, -0.25) is 4.90 Å². The van der Waals surface area contributed by atoms with Crippen LogP contribution in [0.5, 0.6) is 5.75 Å². The van der Waals surface area contributed by atoms with Gasteiger partial charge in [0, 0.05) is 30.9 Å². The van der Waals surface area contributed by atoms with Crippen molar-refractivity contribution in [3.05, 3.63) is 24.0 Å². The van der Waals surface area contributed by atoms with Gasteiger partial charge in [0.25, 0.3) is 0 Å². The molecule has 1 saturated heterocycles. The molecule has 0 saturated carbocycles. The standard InChI is InChI=1S/C14H19N3O/c1-13(2,3)17-9-14(4,10-17)18-12-5-6-16-11(7-12)8-15/h5-7H,9-10H2,1-4H3. The van der Waals surface area contributed by atoms with E-state index in [1.165, 1.54) is 0 Å². The lowest BCUT2D eigenvalue weighted by Gasteiger charge is -2.53. The number of aromatic nitrogens is 1. The molecule has 0 aliphatic carbocycles. The first kappa shape index (κ1) is 12.8. The number of nitrogens with zero attached hydrogens (tertiary/aromatic N) is 3. The van der Waals surface area contributed by atoms with Crippen LogP contribution in [-0.4, -0.2) is 34.1 Å². The molecule has 1 fully saturated rings. The molecule has 2 rings (SSSR count). The Balaban J connectivity index is 2.01. The molecule has 2 heterocycles. The van der Waals surface area contributed by atoms with Crippen LogP contribution in [0.25, 0.3) is 0 Å². The van der Waals surface area contributed by atoms with Crippen molar-refractivity contribution in [2.24, 2.45) is 0 Å². The Morgan fingerprint density at radius 3 is 2.67 bits per heavy atom. The number of hydrogen-bond acceptors (Lipinski definition) is 4.